The van der Waals surface area contributed by atoms with Gasteiger partial charge in [0.1, 0.15) is 0 Å². The zero-order chi connectivity index (χ0) is 19.4. The van der Waals surface area contributed by atoms with E-state index in [4.69, 9.17) is 16.1 Å². The number of rotatable bonds is 7. The summed E-state index contributed by atoms with van der Waals surface area (Å²) < 4.78 is 6.16. The smallest absolute Gasteiger partial charge is 0.390 e. The van der Waals surface area contributed by atoms with Gasteiger partial charge in [-0.1, -0.05) is 65.3 Å². The summed E-state index contributed by atoms with van der Waals surface area (Å²) in [4.78, 5) is 14.0. The van der Waals surface area contributed by atoms with Gasteiger partial charge in [0.25, 0.3) is 0 Å². The van der Waals surface area contributed by atoms with Crippen LogP contribution in [-0.4, -0.2) is 39.4 Å². The van der Waals surface area contributed by atoms with Crippen LogP contribution in [0.4, 0.5) is 0 Å². The highest BCUT2D eigenvalue weighted by Gasteiger charge is 2.20. The van der Waals surface area contributed by atoms with E-state index in [9.17, 15) is 9.90 Å². The number of benzene rings is 2. The van der Waals surface area contributed by atoms with Crippen LogP contribution < -0.4 is 5.76 Å². The van der Waals surface area contributed by atoms with E-state index in [0.29, 0.717) is 17.4 Å². The van der Waals surface area contributed by atoms with Crippen LogP contribution in [-0.2, 0) is 6.54 Å². The van der Waals surface area contributed by atoms with Crippen LogP contribution in [0, 0.1) is 0 Å². The number of aliphatic hydroxyl groups is 1. The number of likely N-dealkylation sites (N-methyl/N-ethyl adjacent to an activating group) is 1. The van der Waals surface area contributed by atoms with Crippen molar-refractivity contribution in [3.8, 4) is 11.4 Å². The summed E-state index contributed by atoms with van der Waals surface area (Å²) in [5.41, 5.74) is 1.74. The third kappa shape index (κ3) is 4.47. The van der Waals surface area contributed by atoms with Crippen molar-refractivity contribution in [2.45, 2.75) is 25.6 Å². The number of aliphatic hydroxyl groups excluding tert-OH is 1. The first kappa shape index (κ1) is 19.4. The molecule has 2 atom stereocenters. The van der Waals surface area contributed by atoms with Gasteiger partial charge in [-0.3, -0.25) is 14.0 Å². The Bertz CT molecular complexity index is 939. The second-order valence-corrected chi connectivity index (χ2v) is 6.95. The molecule has 0 amide bonds. The lowest BCUT2D eigenvalue weighted by Gasteiger charge is -2.28. The Morgan fingerprint density at radius 1 is 1.19 bits per heavy atom. The minimum absolute atomic E-state index is 0.0149. The molecule has 7 heteroatoms. The Morgan fingerprint density at radius 2 is 1.85 bits per heavy atom. The molecule has 3 aromatic rings. The molecule has 27 heavy (non-hydrogen) atoms. The van der Waals surface area contributed by atoms with Gasteiger partial charge in [-0.05, 0) is 25.6 Å². The Labute approximate surface area is 162 Å². The second-order valence-electron chi connectivity index (χ2n) is 6.54. The van der Waals surface area contributed by atoms with Gasteiger partial charge < -0.3 is 5.11 Å². The molecule has 1 N–H and O–H groups in total. The van der Waals surface area contributed by atoms with Gasteiger partial charge in [0, 0.05) is 23.2 Å². The number of nitrogens with zero attached hydrogens (tertiary/aromatic N) is 3. The van der Waals surface area contributed by atoms with Crippen LogP contribution in [0.3, 0.4) is 0 Å². The molecule has 0 fully saturated rings. The normalized spacial score (nSPS) is 13.7. The number of hydrogen-bond donors (Lipinski definition) is 1. The van der Waals surface area contributed by atoms with Gasteiger partial charge >= 0.3 is 5.76 Å². The van der Waals surface area contributed by atoms with Crippen molar-refractivity contribution < 1.29 is 9.63 Å². The predicted octanol–water partition coefficient (Wildman–Crippen LogP) is 3.21. The van der Waals surface area contributed by atoms with Crippen molar-refractivity contribution >= 4 is 11.6 Å². The topological polar surface area (TPSA) is 71.5 Å². The Hall–Kier alpha value is -2.41. The van der Waals surface area contributed by atoms with Gasteiger partial charge in [0.2, 0.25) is 0 Å². The standard InChI is InChI=1S/C20H22ClN3O3/c1-14(17-10-6-7-11-18(17)21)23(2)12-16(25)13-24-19(22-27-20(24)26)15-8-4-3-5-9-15/h3-11,14,16,25H,12-13H2,1-2H3. The average Bonchev–Trinajstić information content (AvgIpc) is 3.02. The molecule has 6 nitrogen and oxygen atoms in total. The number of halogens is 1. The highest BCUT2D eigenvalue weighted by molar-refractivity contribution is 6.31. The molecule has 142 valence electrons. The zero-order valence-electron chi connectivity index (χ0n) is 15.2. The molecule has 0 saturated carbocycles. The van der Waals surface area contributed by atoms with E-state index in [2.05, 4.69) is 5.16 Å². The summed E-state index contributed by atoms with van der Waals surface area (Å²) in [6.45, 7) is 2.47. The summed E-state index contributed by atoms with van der Waals surface area (Å²) in [5, 5.41) is 15.1. The first-order valence-corrected chi connectivity index (χ1v) is 9.10. The van der Waals surface area contributed by atoms with Gasteiger partial charge in [-0.15, -0.1) is 0 Å². The van der Waals surface area contributed by atoms with Crippen molar-refractivity contribution in [3.05, 3.63) is 75.7 Å². The van der Waals surface area contributed by atoms with Crippen LogP contribution in [0.15, 0.2) is 63.9 Å². The molecule has 0 saturated heterocycles. The Balaban J connectivity index is 1.71. The fraction of sp³-hybridized carbons (Fsp3) is 0.300. The molecule has 3 rings (SSSR count). The van der Waals surface area contributed by atoms with E-state index < -0.39 is 11.9 Å². The Morgan fingerprint density at radius 3 is 2.56 bits per heavy atom. The lowest BCUT2D eigenvalue weighted by Crippen LogP contribution is -2.35. The third-order valence-corrected chi connectivity index (χ3v) is 4.97. The summed E-state index contributed by atoms with van der Waals surface area (Å²) in [5.74, 6) is -0.184. The molecule has 0 aliphatic carbocycles. The monoisotopic (exact) mass is 387 g/mol. The molecule has 1 aromatic heterocycles. The van der Waals surface area contributed by atoms with Gasteiger partial charge in [-0.2, -0.15) is 0 Å². The number of hydrogen-bond acceptors (Lipinski definition) is 5. The average molecular weight is 388 g/mol. The van der Waals surface area contributed by atoms with Crippen LogP contribution in [0.1, 0.15) is 18.5 Å². The third-order valence-electron chi connectivity index (χ3n) is 4.63. The molecule has 2 aromatic carbocycles. The van der Waals surface area contributed by atoms with Crippen molar-refractivity contribution in [2.75, 3.05) is 13.6 Å². The predicted molar refractivity (Wildman–Crippen MR) is 105 cm³/mol. The van der Waals surface area contributed by atoms with Crippen LogP contribution in [0.5, 0.6) is 0 Å². The van der Waals surface area contributed by atoms with Gasteiger partial charge in [0.05, 0.1) is 12.6 Å². The maximum absolute atomic E-state index is 12.0. The summed E-state index contributed by atoms with van der Waals surface area (Å²) in [6.07, 6.45) is -0.778. The largest absolute Gasteiger partial charge is 0.441 e. The van der Waals surface area contributed by atoms with E-state index >= 15 is 0 Å². The molecule has 0 aliphatic heterocycles. The maximum Gasteiger partial charge on any atom is 0.441 e. The van der Waals surface area contributed by atoms with Crippen molar-refractivity contribution in [2.24, 2.45) is 0 Å². The van der Waals surface area contributed by atoms with Crippen molar-refractivity contribution in [1.82, 2.24) is 14.6 Å². The SMILES string of the molecule is CC(c1ccccc1Cl)N(C)CC(O)Cn1c(-c2ccccc2)noc1=O. The van der Waals surface area contributed by atoms with Crippen molar-refractivity contribution in [3.63, 3.8) is 0 Å². The molecular weight excluding hydrogens is 366 g/mol. The van der Waals surface area contributed by atoms with Gasteiger partial charge in [0.15, 0.2) is 5.82 Å². The van der Waals surface area contributed by atoms with E-state index in [1.54, 1.807) is 0 Å². The van der Waals surface area contributed by atoms with Gasteiger partial charge in [-0.25, -0.2) is 4.79 Å². The molecule has 1 heterocycles. The van der Waals surface area contributed by atoms with Crippen LogP contribution in [0.2, 0.25) is 5.02 Å². The van der Waals surface area contributed by atoms with Crippen LogP contribution >= 0.6 is 11.6 Å². The first-order valence-electron chi connectivity index (χ1n) is 8.72. The fourth-order valence-electron chi connectivity index (χ4n) is 3.03. The lowest BCUT2D eigenvalue weighted by molar-refractivity contribution is 0.0926. The highest BCUT2D eigenvalue weighted by Crippen LogP contribution is 2.26. The molecule has 0 aliphatic rings. The molecule has 0 bridgehead atoms. The van der Waals surface area contributed by atoms with Crippen molar-refractivity contribution in [1.29, 1.82) is 0 Å². The van der Waals surface area contributed by atoms with Crippen LogP contribution in [0.25, 0.3) is 11.4 Å². The summed E-state index contributed by atoms with van der Waals surface area (Å²) >= 11 is 6.27. The quantitative estimate of drug-likeness (QED) is 0.674. The maximum atomic E-state index is 12.0. The zero-order valence-corrected chi connectivity index (χ0v) is 16.0. The molecule has 2 unspecified atom stereocenters. The highest BCUT2D eigenvalue weighted by atomic mass is 35.5. The minimum Gasteiger partial charge on any atom is -0.390 e. The summed E-state index contributed by atoms with van der Waals surface area (Å²) in [6, 6.07) is 16.9. The van der Waals surface area contributed by atoms with E-state index in [-0.39, 0.29) is 12.6 Å². The molecule has 0 radical (unpaired) electrons. The molecule has 0 spiro atoms. The van der Waals surface area contributed by atoms with E-state index in [1.165, 1.54) is 4.57 Å². The van der Waals surface area contributed by atoms with E-state index in [0.717, 1.165) is 11.1 Å². The first-order chi connectivity index (χ1) is 13.0. The lowest BCUT2D eigenvalue weighted by atomic mass is 10.1. The fourth-order valence-corrected chi connectivity index (χ4v) is 3.33. The number of aromatic nitrogens is 2. The molecular formula is C20H22ClN3O3. The second kappa shape index (κ2) is 8.52. The Kier molecular flexibility index (Phi) is 6.11. The van der Waals surface area contributed by atoms with E-state index in [1.807, 2.05) is 73.5 Å². The summed E-state index contributed by atoms with van der Waals surface area (Å²) in [7, 11) is 1.91. The minimum atomic E-state index is -0.778.